The first-order valence-electron chi connectivity index (χ1n) is 8.84. The van der Waals surface area contributed by atoms with E-state index in [9.17, 15) is 9.90 Å². The van der Waals surface area contributed by atoms with Gasteiger partial charge in [0.25, 0.3) is 0 Å². The lowest BCUT2D eigenvalue weighted by Crippen LogP contribution is -2.10. The molecule has 0 saturated heterocycles. The number of allylic oxidation sites excluding steroid dienone is 1. The third-order valence-corrected chi connectivity index (χ3v) is 4.96. The number of benzene rings is 1. The Labute approximate surface area is 167 Å². The Morgan fingerprint density at radius 1 is 1.29 bits per heavy atom. The molecule has 3 rings (SSSR count). The molecule has 0 fully saturated rings. The highest BCUT2D eigenvalue weighted by Gasteiger charge is 2.17. The Bertz CT molecular complexity index is 969. The van der Waals surface area contributed by atoms with Crippen LogP contribution in [0.15, 0.2) is 53.7 Å². The van der Waals surface area contributed by atoms with Crippen LogP contribution in [0.3, 0.4) is 0 Å². The molecule has 1 unspecified atom stereocenters. The summed E-state index contributed by atoms with van der Waals surface area (Å²) in [5.74, 6) is 0.0728. The van der Waals surface area contributed by atoms with E-state index in [4.69, 9.17) is 15.1 Å². The number of aliphatic hydroxyl groups excluding tert-OH is 1. The lowest BCUT2D eigenvalue weighted by Gasteiger charge is -2.15. The van der Waals surface area contributed by atoms with Crippen LogP contribution in [0.1, 0.15) is 29.8 Å². The molecule has 0 aliphatic rings. The summed E-state index contributed by atoms with van der Waals surface area (Å²) in [6.07, 6.45) is 1.67. The second-order valence-electron chi connectivity index (χ2n) is 6.17. The monoisotopic (exact) mass is 395 g/mol. The number of aliphatic carboxylic acids is 1. The number of carbonyl (C=O) groups is 1. The molecule has 28 heavy (non-hydrogen) atoms. The molecule has 6 nitrogen and oxygen atoms in total. The van der Waals surface area contributed by atoms with Crippen LogP contribution in [-0.4, -0.2) is 26.2 Å². The van der Waals surface area contributed by atoms with Gasteiger partial charge in [-0.1, -0.05) is 25.1 Å². The first-order valence-corrected chi connectivity index (χ1v) is 9.78. The van der Waals surface area contributed by atoms with Crippen LogP contribution in [0, 0.1) is 0 Å². The molecule has 0 radical (unpaired) electrons. The number of thiophene rings is 1. The minimum absolute atomic E-state index is 0.320. The summed E-state index contributed by atoms with van der Waals surface area (Å²) in [6, 6.07) is 8.58. The van der Waals surface area contributed by atoms with E-state index in [0.29, 0.717) is 23.6 Å². The standard InChI is InChI=1S/C21H21N3O3S/c1-3-5-16-17(4-2)23-19(14-10-11-28-12-14)24-20(16)22-15-8-6-13(7-9-15)18(25)21(26)27/h3,6-12,18,25H,1,4-5H2,2H3,(H,26,27)(H,22,23,24). The Morgan fingerprint density at radius 3 is 2.61 bits per heavy atom. The van der Waals surface area contributed by atoms with E-state index in [-0.39, 0.29) is 0 Å². The number of hydrogen-bond donors (Lipinski definition) is 3. The summed E-state index contributed by atoms with van der Waals surface area (Å²) in [4.78, 5) is 20.4. The van der Waals surface area contributed by atoms with Crippen LogP contribution in [0.4, 0.5) is 11.5 Å². The van der Waals surface area contributed by atoms with Crippen molar-refractivity contribution in [3.8, 4) is 11.4 Å². The predicted molar refractivity (Wildman–Crippen MR) is 111 cm³/mol. The first-order chi connectivity index (χ1) is 13.5. The molecule has 1 atom stereocenters. The molecule has 1 aromatic carbocycles. The van der Waals surface area contributed by atoms with Crippen LogP contribution >= 0.6 is 11.3 Å². The molecule has 144 valence electrons. The van der Waals surface area contributed by atoms with Gasteiger partial charge in [0.05, 0.1) is 0 Å². The number of hydrogen-bond acceptors (Lipinski definition) is 6. The Balaban J connectivity index is 1.98. The van der Waals surface area contributed by atoms with Gasteiger partial charge in [-0.3, -0.25) is 0 Å². The second kappa shape index (κ2) is 8.77. The van der Waals surface area contributed by atoms with E-state index < -0.39 is 12.1 Å². The van der Waals surface area contributed by atoms with Crippen LogP contribution in [0.25, 0.3) is 11.4 Å². The highest BCUT2D eigenvalue weighted by Crippen LogP contribution is 2.28. The summed E-state index contributed by atoms with van der Waals surface area (Å²) < 4.78 is 0. The molecule has 3 N–H and O–H groups in total. The number of aryl methyl sites for hydroxylation is 1. The van der Waals surface area contributed by atoms with Gasteiger partial charge in [0, 0.05) is 27.9 Å². The maximum atomic E-state index is 10.9. The van der Waals surface area contributed by atoms with Gasteiger partial charge < -0.3 is 15.5 Å². The Morgan fingerprint density at radius 2 is 2.04 bits per heavy atom. The molecule has 0 spiro atoms. The number of carboxylic acids is 1. The molecule has 0 bridgehead atoms. The number of nitrogens with one attached hydrogen (secondary N) is 1. The van der Waals surface area contributed by atoms with E-state index in [1.807, 2.05) is 22.9 Å². The minimum atomic E-state index is -1.54. The molecule has 3 aromatic rings. The van der Waals surface area contributed by atoms with Crippen LogP contribution < -0.4 is 5.32 Å². The lowest BCUT2D eigenvalue weighted by molar-refractivity contribution is -0.146. The van der Waals surface area contributed by atoms with Crippen molar-refractivity contribution in [3.05, 3.63) is 70.6 Å². The molecular formula is C21H21N3O3S. The fraction of sp³-hybridized carbons (Fsp3) is 0.190. The topological polar surface area (TPSA) is 95.3 Å². The van der Waals surface area contributed by atoms with Gasteiger partial charge >= 0.3 is 5.97 Å². The molecular weight excluding hydrogens is 374 g/mol. The van der Waals surface area contributed by atoms with Gasteiger partial charge in [-0.2, -0.15) is 11.3 Å². The summed E-state index contributed by atoms with van der Waals surface area (Å²) in [5.41, 5.74) is 3.96. The van der Waals surface area contributed by atoms with Crippen molar-refractivity contribution in [2.24, 2.45) is 0 Å². The fourth-order valence-electron chi connectivity index (χ4n) is 2.83. The van der Waals surface area contributed by atoms with E-state index >= 15 is 0 Å². The van der Waals surface area contributed by atoms with Crippen LogP contribution in [-0.2, 0) is 17.6 Å². The number of aromatic nitrogens is 2. The Kier molecular flexibility index (Phi) is 6.18. The molecule has 0 aliphatic heterocycles. The molecule has 7 heteroatoms. The predicted octanol–water partition coefficient (Wildman–Crippen LogP) is 4.36. The largest absolute Gasteiger partial charge is 0.479 e. The summed E-state index contributed by atoms with van der Waals surface area (Å²) in [5, 5.41) is 25.9. The van der Waals surface area contributed by atoms with Gasteiger partial charge in [-0.25, -0.2) is 14.8 Å². The van der Waals surface area contributed by atoms with Gasteiger partial charge in [-0.15, -0.1) is 6.58 Å². The molecule has 0 amide bonds. The van der Waals surface area contributed by atoms with E-state index in [0.717, 1.165) is 28.9 Å². The highest BCUT2D eigenvalue weighted by molar-refractivity contribution is 7.08. The second-order valence-corrected chi connectivity index (χ2v) is 6.95. The zero-order chi connectivity index (χ0) is 20.1. The number of rotatable bonds is 8. The fourth-order valence-corrected chi connectivity index (χ4v) is 3.47. The third-order valence-electron chi connectivity index (χ3n) is 4.28. The van der Waals surface area contributed by atoms with Gasteiger partial charge in [0.1, 0.15) is 5.82 Å². The quantitative estimate of drug-likeness (QED) is 0.491. The normalized spacial score (nSPS) is 11.8. The molecule has 0 aliphatic carbocycles. The molecule has 2 heterocycles. The van der Waals surface area contributed by atoms with E-state index in [2.05, 4.69) is 18.8 Å². The average molecular weight is 395 g/mol. The summed E-state index contributed by atoms with van der Waals surface area (Å²) in [7, 11) is 0. The smallest absolute Gasteiger partial charge is 0.337 e. The number of carboxylic acid groups (broad SMARTS) is 1. The minimum Gasteiger partial charge on any atom is -0.479 e. The first kappa shape index (κ1) is 19.7. The summed E-state index contributed by atoms with van der Waals surface area (Å²) in [6.45, 7) is 5.89. The van der Waals surface area contributed by atoms with Crippen molar-refractivity contribution in [3.63, 3.8) is 0 Å². The number of aliphatic hydroxyl groups is 1. The van der Waals surface area contributed by atoms with Crippen molar-refractivity contribution < 1.29 is 15.0 Å². The zero-order valence-electron chi connectivity index (χ0n) is 15.4. The average Bonchev–Trinajstić information content (AvgIpc) is 3.24. The van der Waals surface area contributed by atoms with Crippen molar-refractivity contribution >= 4 is 28.8 Å². The van der Waals surface area contributed by atoms with Crippen molar-refractivity contribution in [2.45, 2.75) is 25.9 Å². The highest BCUT2D eigenvalue weighted by atomic mass is 32.1. The zero-order valence-corrected chi connectivity index (χ0v) is 16.2. The van der Waals surface area contributed by atoms with Crippen molar-refractivity contribution in [1.29, 1.82) is 0 Å². The van der Waals surface area contributed by atoms with Gasteiger partial charge in [0.15, 0.2) is 11.9 Å². The van der Waals surface area contributed by atoms with Crippen LogP contribution in [0.5, 0.6) is 0 Å². The van der Waals surface area contributed by atoms with Crippen molar-refractivity contribution in [1.82, 2.24) is 9.97 Å². The Hall–Kier alpha value is -3.03. The number of nitrogens with zero attached hydrogens (tertiary/aromatic N) is 2. The number of anilines is 2. The van der Waals surface area contributed by atoms with E-state index in [1.165, 1.54) is 0 Å². The SMILES string of the molecule is C=CCc1c(CC)nc(-c2ccsc2)nc1Nc1ccc(C(O)C(=O)O)cc1. The van der Waals surface area contributed by atoms with E-state index in [1.54, 1.807) is 35.6 Å². The van der Waals surface area contributed by atoms with Gasteiger partial charge in [0.2, 0.25) is 0 Å². The van der Waals surface area contributed by atoms with Crippen LogP contribution in [0.2, 0.25) is 0 Å². The summed E-state index contributed by atoms with van der Waals surface area (Å²) >= 11 is 1.59. The molecule has 2 aromatic heterocycles. The third kappa shape index (κ3) is 4.27. The maximum absolute atomic E-state index is 10.9. The van der Waals surface area contributed by atoms with Gasteiger partial charge in [-0.05, 0) is 42.0 Å². The lowest BCUT2D eigenvalue weighted by atomic mass is 10.1. The van der Waals surface area contributed by atoms with Crippen molar-refractivity contribution in [2.75, 3.05) is 5.32 Å². The maximum Gasteiger partial charge on any atom is 0.337 e. The molecule has 0 saturated carbocycles.